The second-order valence-corrected chi connectivity index (χ2v) is 5.05. The molecule has 1 rings (SSSR count). The second kappa shape index (κ2) is 7.26. The van der Waals surface area contributed by atoms with E-state index in [0.29, 0.717) is 13.0 Å². The Morgan fingerprint density at radius 3 is 2.74 bits per heavy atom. The number of anilines is 1. The highest BCUT2D eigenvalue weighted by molar-refractivity contribution is 5.93. The Bertz CT molecular complexity index is 432. The molecule has 0 saturated carbocycles. The summed E-state index contributed by atoms with van der Waals surface area (Å²) in [7, 11) is 1.83. The maximum atomic E-state index is 11.9. The lowest BCUT2D eigenvalue weighted by atomic mass is 10.1. The smallest absolute Gasteiger partial charge is 0.238 e. The van der Waals surface area contributed by atoms with E-state index in [4.69, 9.17) is 0 Å². The van der Waals surface area contributed by atoms with Crippen molar-refractivity contribution in [2.45, 2.75) is 33.3 Å². The number of aliphatic hydroxyl groups is 1. The van der Waals surface area contributed by atoms with E-state index >= 15 is 0 Å². The van der Waals surface area contributed by atoms with Crippen LogP contribution in [-0.4, -0.2) is 42.2 Å². The fraction of sp³-hybridized carbons (Fsp3) is 0.533. The Labute approximate surface area is 115 Å². The number of benzene rings is 1. The summed E-state index contributed by atoms with van der Waals surface area (Å²) in [6, 6.07) is 5.86. The predicted molar refractivity (Wildman–Crippen MR) is 78.3 cm³/mol. The molecule has 1 atom stereocenters. The van der Waals surface area contributed by atoms with Gasteiger partial charge in [0, 0.05) is 12.2 Å². The number of rotatable bonds is 6. The van der Waals surface area contributed by atoms with Gasteiger partial charge in [0.05, 0.1) is 12.6 Å². The molecule has 4 nitrogen and oxygen atoms in total. The van der Waals surface area contributed by atoms with Crippen molar-refractivity contribution < 1.29 is 9.90 Å². The number of carbonyl (C=O) groups excluding carboxylic acids is 1. The first-order chi connectivity index (χ1) is 8.93. The number of aliphatic hydroxyl groups excluding tert-OH is 1. The lowest BCUT2D eigenvalue weighted by Gasteiger charge is -2.19. The van der Waals surface area contributed by atoms with Gasteiger partial charge in [-0.2, -0.15) is 0 Å². The van der Waals surface area contributed by atoms with Crippen LogP contribution in [0.25, 0.3) is 0 Å². The van der Waals surface area contributed by atoms with Crippen LogP contribution < -0.4 is 5.32 Å². The Morgan fingerprint density at radius 1 is 1.42 bits per heavy atom. The lowest BCUT2D eigenvalue weighted by Crippen LogP contribution is -2.35. The van der Waals surface area contributed by atoms with Crippen molar-refractivity contribution in [2.24, 2.45) is 0 Å². The Kier molecular flexibility index (Phi) is 5.99. The van der Waals surface area contributed by atoms with Gasteiger partial charge in [0.25, 0.3) is 0 Å². The first-order valence-electron chi connectivity index (χ1n) is 6.66. The van der Waals surface area contributed by atoms with Crippen molar-refractivity contribution in [2.75, 3.05) is 25.5 Å². The summed E-state index contributed by atoms with van der Waals surface area (Å²) in [5.74, 6) is -0.0560. The molecule has 4 heteroatoms. The molecular formula is C15H24N2O2. The van der Waals surface area contributed by atoms with E-state index in [0.717, 1.165) is 16.8 Å². The lowest BCUT2D eigenvalue weighted by molar-refractivity contribution is -0.117. The molecule has 0 aliphatic carbocycles. The van der Waals surface area contributed by atoms with E-state index in [1.807, 2.05) is 50.9 Å². The monoisotopic (exact) mass is 264 g/mol. The van der Waals surface area contributed by atoms with E-state index in [1.54, 1.807) is 0 Å². The van der Waals surface area contributed by atoms with Crippen LogP contribution in [0.1, 0.15) is 24.5 Å². The number of hydrogen-bond donors (Lipinski definition) is 2. The van der Waals surface area contributed by atoms with Gasteiger partial charge in [-0.25, -0.2) is 0 Å². The maximum absolute atomic E-state index is 11.9. The van der Waals surface area contributed by atoms with Crippen molar-refractivity contribution >= 4 is 11.6 Å². The van der Waals surface area contributed by atoms with E-state index in [9.17, 15) is 9.90 Å². The van der Waals surface area contributed by atoms with Crippen molar-refractivity contribution in [3.63, 3.8) is 0 Å². The third-order valence-corrected chi connectivity index (χ3v) is 3.29. The largest absolute Gasteiger partial charge is 0.392 e. The van der Waals surface area contributed by atoms with Gasteiger partial charge in [0.2, 0.25) is 5.91 Å². The fourth-order valence-electron chi connectivity index (χ4n) is 1.87. The van der Waals surface area contributed by atoms with Crippen LogP contribution in [0.2, 0.25) is 0 Å². The van der Waals surface area contributed by atoms with Crippen molar-refractivity contribution in [1.82, 2.24) is 4.90 Å². The maximum Gasteiger partial charge on any atom is 0.238 e. The van der Waals surface area contributed by atoms with Crippen LogP contribution in [-0.2, 0) is 4.79 Å². The molecule has 1 aromatic rings. The summed E-state index contributed by atoms with van der Waals surface area (Å²) in [6.07, 6.45) is 0.321. The number of hydrogen-bond acceptors (Lipinski definition) is 3. The molecule has 106 valence electrons. The third-order valence-electron chi connectivity index (χ3n) is 3.29. The molecule has 0 heterocycles. The Hall–Kier alpha value is -1.39. The molecule has 1 amide bonds. The molecule has 0 aliphatic heterocycles. The number of nitrogens with zero attached hydrogens (tertiary/aromatic N) is 1. The minimum Gasteiger partial charge on any atom is -0.392 e. The van der Waals surface area contributed by atoms with E-state index < -0.39 is 0 Å². The summed E-state index contributed by atoms with van der Waals surface area (Å²) in [5.41, 5.74) is 3.11. The van der Waals surface area contributed by atoms with Gasteiger partial charge in [0.15, 0.2) is 0 Å². The van der Waals surface area contributed by atoms with Crippen LogP contribution in [0.4, 0.5) is 5.69 Å². The SMILES string of the molecule is CCC(O)CN(C)CC(=O)Nc1cccc(C)c1C. The average Bonchev–Trinajstić information content (AvgIpc) is 2.34. The molecular weight excluding hydrogens is 240 g/mol. The highest BCUT2D eigenvalue weighted by atomic mass is 16.3. The average molecular weight is 264 g/mol. The third kappa shape index (κ3) is 5.01. The zero-order valence-corrected chi connectivity index (χ0v) is 12.2. The number of nitrogens with one attached hydrogen (secondary N) is 1. The van der Waals surface area contributed by atoms with Gasteiger partial charge in [-0.1, -0.05) is 19.1 Å². The summed E-state index contributed by atoms with van der Waals surface area (Å²) >= 11 is 0. The highest BCUT2D eigenvalue weighted by Gasteiger charge is 2.11. The first kappa shape index (κ1) is 15.7. The van der Waals surface area contributed by atoms with Gasteiger partial charge in [-0.15, -0.1) is 0 Å². The van der Waals surface area contributed by atoms with E-state index in [2.05, 4.69) is 5.32 Å². The first-order valence-corrected chi connectivity index (χ1v) is 6.66. The number of carbonyl (C=O) groups is 1. The zero-order chi connectivity index (χ0) is 14.4. The van der Waals surface area contributed by atoms with Crippen molar-refractivity contribution in [3.8, 4) is 0 Å². The molecule has 0 spiro atoms. The van der Waals surface area contributed by atoms with Crippen molar-refractivity contribution in [3.05, 3.63) is 29.3 Å². The van der Waals surface area contributed by atoms with Gasteiger partial charge in [-0.05, 0) is 44.5 Å². The fourth-order valence-corrected chi connectivity index (χ4v) is 1.87. The number of likely N-dealkylation sites (N-methyl/N-ethyl adjacent to an activating group) is 1. The van der Waals surface area contributed by atoms with Crippen LogP contribution >= 0.6 is 0 Å². The van der Waals surface area contributed by atoms with Gasteiger partial charge < -0.3 is 10.4 Å². The van der Waals surface area contributed by atoms with Crippen LogP contribution in [0.3, 0.4) is 0 Å². The number of aryl methyl sites for hydroxylation is 1. The topological polar surface area (TPSA) is 52.6 Å². The van der Waals surface area contributed by atoms with Crippen LogP contribution in [0.5, 0.6) is 0 Å². The molecule has 2 N–H and O–H groups in total. The second-order valence-electron chi connectivity index (χ2n) is 5.05. The van der Waals surface area contributed by atoms with Crippen LogP contribution in [0.15, 0.2) is 18.2 Å². The molecule has 0 saturated heterocycles. The van der Waals surface area contributed by atoms with Gasteiger partial charge in [0.1, 0.15) is 0 Å². The normalized spacial score (nSPS) is 12.5. The molecule has 19 heavy (non-hydrogen) atoms. The molecule has 0 radical (unpaired) electrons. The summed E-state index contributed by atoms with van der Waals surface area (Å²) in [4.78, 5) is 13.7. The highest BCUT2D eigenvalue weighted by Crippen LogP contribution is 2.17. The molecule has 0 aromatic heterocycles. The minimum absolute atomic E-state index is 0.0560. The van der Waals surface area contributed by atoms with E-state index in [-0.39, 0.29) is 18.6 Å². The minimum atomic E-state index is -0.376. The predicted octanol–water partition coefficient (Wildman–Crippen LogP) is 1.94. The van der Waals surface area contributed by atoms with Crippen LogP contribution in [0, 0.1) is 13.8 Å². The Balaban J connectivity index is 2.53. The summed E-state index contributed by atoms with van der Waals surface area (Å²) in [6.45, 7) is 6.74. The van der Waals surface area contributed by atoms with Gasteiger partial charge >= 0.3 is 0 Å². The quantitative estimate of drug-likeness (QED) is 0.825. The molecule has 0 aliphatic rings. The van der Waals surface area contributed by atoms with Crippen molar-refractivity contribution in [1.29, 1.82) is 0 Å². The number of amides is 1. The van der Waals surface area contributed by atoms with Gasteiger partial charge in [-0.3, -0.25) is 9.69 Å². The summed E-state index contributed by atoms with van der Waals surface area (Å²) < 4.78 is 0. The Morgan fingerprint density at radius 2 is 2.11 bits per heavy atom. The molecule has 0 bridgehead atoms. The van der Waals surface area contributed by atoms with E-state index in [1.165, 1.54) is 0 Å². The summed E-state index contributed by atoms with van der Waals surface area (Å²) in [5, 5.41) is 12.4. The zero-order valence-electron chi connectivity index (χ0n) is 12.2. The standard InChI is InChI=1S/C15H24N2O2/c1-5-13(18)9-17(4)10-15(19)16-14-8-6-7-11(2)12(14)3/h6-8,13,18H,5,9-10H2,1-4H3,(H,16,19). The molecule has 0 fully saturated rings. The molecule has 1 aromatic carbocycles. The molecule has 1 unspecified atom stereocenters.